The van der Waals surface area contributed by atoms with Gasteiger partial charge in [-0.25, -0.2) is 0 Å². The van der Waals surface area contributed by atoms with Crippen molar-refractivity contribution in [2.24, 2.45) is 0 Å². The van der Waals surface area contributed by atoms with Gasteiger partial charge in [-0.3, -0.25) is 0 Å². The second-order valence-electron chi connectivity index (χ2n) is 4.97. The summed E-state index contributed by atoms with van der Waals surface area (Å²) in [5.74, 6) is 0. The third-order valence-electron chi connectivity index (χ3n) is 3.97. The molecule has 0 nitrogen and oxygen atoms in total. The highest BCUT2D eigenvalue weighted by atomic mass is 14.2. The van der Waals surface area contributed by atoms with E-state index >= 15 is 0 Å². The first-order chi connectivity index (χ1) is 8.93. The molecule has 0 unspecified atom stereocenters. The van der Waals surface area contributed by atoms with Gasteiger partial charge < -0.3 is 0 Å². The zero-order valence-electron chi connectivity index (χ0n) is 10.2. The number of benzene rings is 1. The molecular formula is C18H14. The van der Waals surface area contributed by atoms with Crippen molar-refractivity contribution in [1.82, 2.24) is 0 Å². The minimum Gasteiger partial charge on any atom is -0.0622 e. The van der Waals surface area contributed by atoms with Crippen molar-refractivity contribution in [2.75, 3.05) is 0 Å². The fraction of sp³-hybridized carbons (Fsp3) is 0.111. The monoisotopic (exact) mass is 230 g/mol. The van der Waals surface area contributed by atoms with Crippen LogP contribution < -0.4 is 0 Å². The van der Waals surface area contributed by atoms with Gasteiger partial charge in [0.2, 0.25) is 0 Å². The van der Waals surface area contributed by atoms with E-state index in [0.717, 1.165) is 0 Å². The van der Waals surface area contributed by atoms with Crippen LogP contribution in [0.4, 0.5) is 0 Å². The molecule has 4 rings (SSSR count). The highest BCUT2D eigenvalue weighted by Crippen LogP contribution is 2.42. The first kappa shape index (κ1) is 9.90. The van der Waals surface area contributed by atoms with Gasteiger partial charge in [0.05, 0.1) is 0 Å². The van der Waals surface area contributed by atoms with Crippen molar-refractivity contribution in [2.45, 2.75) is 12.8 Å². The zero-order chi connectivity index (χ0) is 11.9. The van der Waals surface area contributed by atoms with Crippen LogP contribution in [0.2, 0.25) is 0 Å². The van der Waals surface area contributed by atoms with Crippen LogP contribution in [0.5, 0.6) is 0 Å². The topological polar surface area (TPSA) is 0 Å². The molecule has 0 atom stereocenters. The van der Waals surface area contributed by atoms with Crippen molar-refractivity contribution in [3.05, 3.63) is 71.8 Å². The van der Waals surface area contributed by atoms with Crippen LogP contribution in [0.1, 0.15) is 11.1 Å². The highest BCUT2D eigenvalue weighted by Gasteiger charge is 2.21. The highest BCUT2D eigenvalue weighted by molar-refractivity contribution is 5.87. The predicted octanol–water partition coefficient (Wildman–Crippen LogP) is 4.56. The van der Waals surface area contributed by atoms with Crippen molar-refractivity contribution >= 4 is 0 Å². The molecule has 1 aromatic carbocycles. The fourth-order valence-electron chi connectivity index (χ4n) is 3.12. The van der Waals surface area contributed by atoms with Crippen molar-refractivity contribution in [3.8, 4) is 22.3 Å². The van der Waals surface area contributed by atoms with Gasteiger partial charge in [-0.2, -0.15) is 0 Å². The van der Waals surface area contributed by atoms with Gasteiger partial charge in [-0.1, -0.05) is 54.6 Å². The van der Waals surface area contributed by atoms with Crippen LogP contribution >= 0.6 is 0 Å². The molecule has 0 heteroatoms. The second kappa shape index (κ2) is 3.71. The molecule has 1 aromatic rings. The normalized spacial score (nSPS) is 13.1. The molecule has 0 saturated carbocycles. The Kier molecular flexibility index (Phi) is 2.04. The minimum absolute atomic E-state index is 1.17. The Morgan fingerprint density at radius 3 is 2.39 bits per heavy atom. The lowest BCUT2D eigenvalue weighted by Crippen LogP contribution is -2.01. The lowest BCUT2D eigenvalue weighted by atomic mass is 9.87. The van der Waals surface area contributed by atoms with Crippen LogP contribution in [0.15, 0.2) is 60.7 Å². The smallest absolute Gasteiger partial charge is 0.0137 e. The second-order valence-corrected chi connectivity index (χ2v) is 4.97. The van der Waals surface area contributed by atoms with E-state index in [9.17, 15) is 0 Å². The molecule has 3 aliphatic carbocycles. The maximum absolute atomic E-state index is 2.35. The Hall–Kier alpha value is -2.08. The molecule has 0 aliphatic heterocycles. The lowest BCUT2D eigenvalue weighted by Gasteiger charge is -2.17. The Morgan fingerprint density at radius 2 is 1.39 bits per heavy atom. The van der Waals surface area contributed by atoms with Gasteiger partial charge in [0.1, 0.15) is 0 Å². The lowest BCUT2D eigenvalue weighted by molar-refractivity contribution is 0.950. The summed E-state index contributed by atoms with van der Waals surface area (Å²) < 4.78 is 0. The molecule has 0 fully saturated rings. The molecule has 0 bridgehead atoms. The van der Waals surface area contributed by atoms with Crippen LogP contribution in [0.25, 0.3) is 22.3 Å². The van der Waals surface area contributed by atoms with Gasteiger partial charge in [-0.05, 0) is 52.3 Å². The average molecular weight is 230 g/mol. The quantitative estimate of drug-likeness (QED) is 0.531. The summed E-state index contributed by atoms with van der Waals surface area (Å²) in [4.78, 5) is 0. The van der Waals surface area contributed by atoms with E-state index in [2.05, 4.69) is 60.7 Å². The molecule has 0 aromatic heterocycles. The average Bonchev–Trinajstić information content (AvgIpc) is 2.61. The summed E-state index contributed by atoms with van der Waals surface area (Å²) in [7, 11) is 0. The van der Waals surface area contributed by atoms with Gasteiger partial charge in [-0.15, -0.1) is 0 Å². The first-order valence-corrected chi connectivity index (χ1v) is 6.52. The van der Waals surface area contributed by atoms with Gasteiger partial charge in [0.15, 0.2) is 0 Å². The summed E-state index contributed by atoms with van der Waals surface area (Å²) in [6.45, 7) is 0. The summed E-state index contributed by atoms with van der Waals surface area (Å²) in [6, 6.07) is 22.0. The number of hydrogen-bond donors (Lipinski definition) is 0. The molecule has 0 spiro atoms. The largest absolute Gasteiger partial charge is 0.0622 e. The summed E-state index contributed by atoms with van der Waals surface area (Å²) in [5, 5.41) is 0. The minimum atomic E-state index is 1.17. The van der Waals surface area contributed by atoms with Crippen molar-refractivity contribution < 1.29 is 0 Å². The number of rotatable bonds is 0. The van der Waals surface area contributed by atoms with Crippen LogP contribution in [-0.2, 0) is 12.8 Å². The molecule has 18 heavy (non-hydrogen) atoms. The molecule has 0 saturated heterocycles. The molecule has 0 N–H and O–H groups in total. The number of hydrogen-bond acceptors (Lipinski definition) is 0. The summed E-state index contributed by atoms with van der Waals surface area (Å²) in [6.07, 6.45) is 2.33. The van der Waals surface area contributed by atoms with E-state index in [0.29, 0.717) is 0 Å². The van der Waals surface area contributed by atoms with Crippen molar-refractivity contribution in [1.29, 1.82) is 0 Å². The number of aryl methyl sites for hydroxylation is 1. The zero-order valence-corrected chi connectivity index (χ0v) is 10.2. The summed E-state index contributed by atoms with van der Waals surface area (Å²) >= 11 is 0. The van der Waals surface area contributed by atoms with E-state index in [1.807, 2.05) is 0 Å². The molecule has 0 amide bonds. The van der Waals surface area contributed by atoms with Gasteiger partial charge >= 0.3 is 0 Å². The Balaban J connectivity index is 2.06. The van der Waals surface area contributed by atoms with Gasteiger partial charge in [0, 0.05) is 0 Å². The Labute approximate surface area is 107 Å². The third kappa shape index (κ3) is 1.32. The Bertz CT molecular complexity index is 694. The first-order valence-electron chi connectivity index (χ1n) is 6.52. The molecule has 3 aliphatic rings. The van der Waals surface area contributed by atoms with Crippen LogP contribution in [-0.4, -0.2) is 0 Å². The van der Waals surface area contributed by atoms with E-state index < -0.39 is 0 Å². The van der Waals surface area contributed by atoms with E-state index in [1.54, 1.807) is 0 Å². The van der Waals surface area contributed by atoms with Crippen molar-refractivity contribution in [3.63, 3.8) is 0 Å². The SMILES string of the molecule is c1ccc2cc3c(c-2cc1)CCc1ccccc1-3. The maximum Gasteiger partial charge on any atom is -0.0137 e. The number of fused-ring (bicyclic) bond motifs is 5. The van der Waals surface area contributed by atoms with Crippen LogP contribution in [0.3, 0.4) is 0 Å². The van der Waals surface area contributed by atoms with E-state index in [4.69, 9.17) is 0 Å². The molecule has 0 radical (unpaired) electrons. The maximum atomic E-state index is 2.35. The molecule has 0 heterocycles. The predicted molar refractivity (Wildman–Crippen MR) is 75.9 cm³/mol. The van der Waals surface area contributed by atoms with E-state index in [-0.39, 0.29) is 0 Å². The van der Waals surface area contributed by atoms with Crippen LogP contribution in [0, 0.1) is 0 Å². The molecule has 86 valence electrons. The fourth-order valence-corrected chi connectivity index (χ4v) is 3.12. The Morgan fingerprint density at radius 1 is 0.611 bits per heavy atom. The molecular weight excluding hydrogens is 216 g/mol. The standard InChI is InChI=1S/C18H14/c1-2-7-14-12-18-15-9-5-4-6-13(15)10-11-17(18)16(14)8-3-1/h1-9,12H,10-11H2. The third-order valence-corrected chi connectivity index (χ3v) is 3.97. The van der Waals surface area contributed by atoms with E-state index in [1.165, 1.54) is 46.2 Å². The van der Waals surface area contributed by atoms with Gasteiger partial charge in [0.25, 0.3) is 0 Å². The summed E-state index contributed by atoms with van der Waals surface area (Å²) in [5.41, 5.74) is 8.67.